The summed E-state index contributed by atoms with van der Waals surface area (Å²) in [4.78, 5) is 0. The minimum Gasteiger partial charge on any atom is -0.275 e. The maximum atomic E-state index is 4.80. The van der Waals surface area contributed by atoms with E-state index in [0.29, 0.717) is 0 Å². The maximum absolute atomic E-state index is 4.80. The molecule has 0 saturated carbocycles. The summed E-state index contributed by atoms with van der Waals surface area (Å²) in [5.41, 5.74) is 13.8. The molecule has 0 fully saturated rings. The molecule has 6 nitrogen and oxygen atoms in total. The normalized spacial score (nSPS) is 13.1. The Kier molecular flexibility index (Phi) is 7.52. The molecule has 0 atom stereocenters. The quantitative estimate of drug-likeness (QED) is 0.165. The standard InChI is InChI=1S/C50H34N6/c1-5-13-36(14-6-1)47-51-52-48(37-15-7-2-8-16-37)55(47)40-27-21-33(22-28-40)41-29-23-34-25-31-43-44(32-26-35-24-30-42(41)45(34)46(35)43)56-49(38-17-9-3-10-18-38)53-54-50(56)39-19-11-4-12-20-39/h1-22,24-25,27-32H,23,26H2. The zero-order valence-corrected chi connectivity index (χ0v) is 30.4. The topological polar surface area (TPSA) is 61.4 Å². The minimum absolute atomic E-state index is 0.810. The number of rotatable bonds is 7. The van der Waals surface area contributed by atoms with Gasteiger partial charge in [-0.05, 0) is 63.6 Å². The van der Waals surface area contributed by atoms with E-state index in [1.807, 2.05) is 48.5 Å². The van der Waals surface area contributed by atoms with Crippen LogP contribution in [0.5, 0.6) is 0 Å². The number of benzene rings is 7. The van der Waals surface area contributed by atoms with Gasteiger partial charge in [0, 0.05) is 33.5 Å². The number of nitrogens with zero attached hydrogens (tertiary/aromatic N) is 6. The lowest BCUT2D eigenvalue weighted by molar-refractivity contribution is 1.07. The highest BCUT2D eigenvalue weighted by Gasteiger charge is 2.27. The van der Waals surface area contributed by atoms with E-state index < -0.39 is 0 Å². The highest BCUT2D eigenvalue weighted by molar-refractivity contribution is 6.08. The molecule has 6 heteroatoms. The molecule has 2 aromatic heterocycles. The van der Waals surface area contributed by atoms with Crippen molar-refractivity contribution in [1.82, 2.24) is 29.5 Å². The first-order valence-corrected chi connectivity index (χ1v) is 19.0. The van der Waals surface area contributed by atoms with Gasteiger partial charge in [0.1, 0.15) is 0 Å². The van der Waals surface area contributed by atoms with Crippen LogP contribution in [0.1, 0.15) is 27.8 Å². The molecule has 0 unspecified atom stereocenters. The fraction of sp³-hybridized carbons (Fsp3) is 0.0400. The Bertz CT molecular complexity index is 2860. The molecule has 0 saturated heterocycles. The molecule has 0 aliphatic heterocycles. The Labute approximate surface area is 324 Å². The fourth-order valence-electron chi connectivity index (χ4n) is 8.47. The molecule has 11 rings (SSSR count). The highest BCUT2D eigenvalue weighted by atomic mass is 15.3. The van der Waals surface area contributed by atoms with Crippen molar-refractivity contribution in [2.24, 2.45) is 0 Å². The lowest BCUT2D eigenvalue weighted by atomic mass is 9.80. The van der Waals surface area contributed by atoms with Gasteiger partial charge < -0.3 is 0 Å². The molecular weight excluding hydrogens is 685 g/mol. The van der Waals surface area contributed by atoms with Gasteiger partial charge in [0.25, 0.3) is 0 Å². The van der Waals surface area contributed by atoms with Crippen molar-refractivity contribution < 1.29 is 0 Å². The molecule has 264 valence electrons. The largest absolute Gasteiger partial charge is 0.275 e. The maximum Gasteiger partial charge on any atom is 0.168 e. The first-order valence-electron chi connectivity index (χ1n) is 19.0. The lowest BCUT2D eigenvalue weighted by Crippen LogP contribution is -2.11. The molecule has 9 aromatic rings. The van der Waals surface area contributed by atoms with Gasteiger partial charge in [-0.15, -0.1) is 20.4 Å². The van der Waals surface area contributed by atoms with Crippen molar-refractivity contribution in [2.45, 2.75) is 12.8 Å². The predicted molar refractivity (Wildman–Crippen MR) is 225 cm³/mol. The summed E-state index contributed by atoms with van der Waals surface area (Å²) >= 11 is 0. The van der Waals surface area contributed by atoms with Gasteiger partial charge in [0.05, 0.1) is 5.70 Å². The summed E-state index contributed by atoms with van der Waals surface area (Å²) in [6, 6.07) is 59.5. The van der Waals surface area contributed by atoms with E-state index in [1.54, 1.807) is 0 Å². The van der Waals surface area contributed by atoms with Crippen LogP contribution in [0.2, 0.25) is 0 Å². The summed E-state index contributed by atoms with van der Waals surface area (Å²) < 4.78 is 4.42. The molecule has 0 N–H and O–H groups in total. The second kappa shape index (κ2) is 13.1. The third-order valence-electron chi connectivity index (χ3n) is 11.1. The molecule has 56 heavy (non-hydrogen) atoms. The summed E-state index contributed by atoms with van der Waals surface area (Å²) in [6.45, 7) is 0. The van der Waals surface area contributed by atoms with E-state index in [4.69, 9.17) is 10.2 Å². The average Bonchev–Trinajstić information content (AvgIpc) is 3.93. The van der Waals surface area contributed by atoms with Crippen molar-refractivity contribution in [3.8, 4) is 51.2 Å². The summed E-state index contributed by atoms with van der Waals surface area (Å²) in [6.07, 6.45) is 6.42. The third kappa shape index (κ3) is 5.18. The van der Waals surface area contributed by atoms with Crippen molar-refractivity contribution in [2.75, 3.05) is 0 Å². The van der Waals surface area contributed by atoms with Crippen molar-refractivity contribution in [3.05, 3.63) is 210 Å². The van der Waals surface area contributed by atoms with Gasteiger partial charge in [-0.25, -0.2) is 0 Å². The van der Waals surface area contributed by atoms with E-state index >= 15 is 0 Å². The van der Waals surface area contributed by atoms with Gasteiger partial charge in [-0.3, -0.25) is 9.13 Å². The van der Waals surface area contributed by atoms with Crippen LogP contribution in [0.25, 0.3) is 73.3 Å². The molecule has 2 aliphatic carbocycles. The summed E-state index contributed by atoms with van der Waals surface area (Å²) in [7, 11) is 0. The fourth-order valence-corrected chi connectivity index (χ4v) is 8.47. The molecule has 0 amide bonds. The molecule has 0 radical (unpaired) electrons. The van der Waals surface area contributed by atoms with Crippen LogP contribution in [0.4, 0.5) is 0 Å². The number of allylic oxidation sites excluding steroid dienone is 2. The average molecular weight is 719 g/mol. The molecule has 0 bridgehead atoms. The minimum atomic E-state index is 0.810. The van der Waals surface area contributed by atoms with Crippen LogP contribution in [0.3, 0.4) is 0 Å². The third-order valence-corrected chi connectivity index (χ3v) is 11.1. The van der Waals surface area contributed by atoms with E-state index in [2.05, 4.69) is 153 Å². The highest BCUT2D eigenvalue weighted by Crippen LogP contribution is 2.45. The smallest absolute Gasteiger partial charge is 0.168 e. The van der Waals surface area contributed by atoms with Gasteiger partial charge in [-0.1, -0.05) is 170 Å². The zero-order valence-electron chi connectivity index (χ0n) is 30.4. The number of aromatic nitrogens is 6. The Balaban J connectivity index is 1.02. The van der Waals surface area contributed by atoms with Crippen molar-refractivity contribution in [1.29, 1.82) is 0 Å². The van der Waals surface area contributed by atoms with E-state index in [1.165, 1.54) is 44.2 Å². The van der Waals surface area contributed by atoms with Crippen LogP contribution in [-0.4, -0.2) is 29.5 Å². The van der Waals surface area contributed by atoms with Crippen LogP contribution < -0.4 is 0 Å². The Morgan fingerprint density at radius 1 is 0.339 bits per heavy atom. The van der Waals surface area contributed by atoms with Gasteiger partial charge >= 0.3 is 0 Å². The van der Waals surface area contributed by atoms with Gasteiger partial charge in [-0.2, -0.15) is 0 Å². The monoisotopic (exact) mass is 718 g/mol. The second-order valence-electron chi connectivity index (χ2n) is 14.3. The van der Waals surface area contributed by atoms with Crippen LogP contribution >= 0.6 is 0 Å². The van der Waals surface area contributed by atoms with Gasteiger partial charge in [0.2, 0.25) is 0 Å². The Morgan fingerprint density at radius 3 is 1.23 bits per heavy atom. The van der Waals surface area contributed by atoms with Crippen LogP contribution in [-0.2, 0) is 12.8 Å². The van der Waals surface area contributed by atoms with Crippen LogP contribution in [0.15, 0.2) is 182 Å². The summed E-state index contributed by atoms with van der Waals surface area (Å²) in [5.74, 6) is 3.29. The Hall–Kier alpha value is -7.44. The Morgan fingerprint density at radius 2 is 0.750 bits per heavy atom. The van der Waals surface area contributed by atoms with Gasteiger partial charge in [0.15, 0.2) is 23.3 Å². The zero-order chi connectivity index (χ0) is 37.0. The number of hydrogen-bond donors (Lipinski definition) is 0. The molecular formula is C50H34N6. The second-order valence-corrected chi connectivity index (χ2v) is 14.3. The molecule has 0 spiro atoms. The lowest BCUT2D eigenvalue weighted by Gasteiger charge is -2.27. The van der Waals surface area contributed by atoms with E-state index in [0.717, 1.165) is 69.8 Å². The molecule has 7 aromatic carbocycles. The first kappa shape index (κ1) is 32.0. The van der Waals surface area contributed by atoms with Crippen molar-refractivity contribution >= 4 is 22.0 Å². The predicted octanol–water partition coefficient (Wildman–Crippen LogP) is 11.1. The number of hydrogen-bond acceptors (Lipinski definition) is 4. The van der Waals surface area contributed by atoms with Crippen LogP contribution in [0, 0.1) is 0 Å². The summed E-state index contributed by atoms with van der Waals surface area (Å²) in [5, 5.41) is 21.6. The van der Waals surface area contributed by atoms with E-state index in [-0.39, 0.29) is 0 Å². The molecule has 2 aliphatic rings. The SMILES string of the molecule is C1=C(c2ccc(-n3c(-c4ccccc4)nnc3-c3ccccc3)cc2)c2ccc3c4c(ccc(c24)C1)C(n1c(-c2ccccc2)nnc1-c1ccccc1)=CC3. The van der Waals surface area contributed by atoms with E-state index in [9.17, 15) is 0 Å². The molecule has 2 heterocycles. The first-order chi connectivity index (χ1) is 27.8. The van der Waals surface area contributed by atoms with Crippen molar-refractivity contribution in [3.63, 3.8) is 0 Å².